The molecule has 268 valence electrons. The standard InChI is InChI=1S/C34H45FN4O10/c1-18(2)11-23(33(43)39-14-22(35)30-28(39)24(40)16-47-30)37-32(42)29-19(3)21-12-20(5-6-25(21)49-29)48-17-34(44,27-15-38(4)8-10-46-27)31(41)26-13-36-7-9-45-26/h5-6,12,18,22-23,26-28,30,36,44H,7-11,13-17H2,1-4H3,(H,37,42)/t22?,23?,26?,27-,28?,30?,34?/m0/s1. The lowest BCUT2D eigenvalue weighted by Gasteiger charge is -2.41. The predicted octanol–water partition coefficient (Wildman–Crippen LogP) is 0.401. The van der Waals surface area contributed by atoms with E-state index in [1.165, 1.54) is 4.90 Å². The quantitative estimate of drug-likeness (QED) is 0.298. The molecule has 6 unspecified atom stereocenters. The minimum atomic E-state index is -2.01. The smallest absolute Gasteiger partial charge is 0.287 e. The first-order chi connectivity index (χ1) is 23.4. The summed E-state index contributed by atoms with van der Waals surface area (Å²) in [5.74, 6) is -1.79. The number of aliphatic hydroxyl groups is 1. The number of hydrogen-bond donors (Lipinski definition) is 3. The number of aryl methyl sites for hydroxylation is 1. The number of furan rings is 1. The third-order valence-electron chi connectivity index (χ3n) is 9.74. The van der Waals surface area contributed by atoms with E-state index in [9.17, 15) is 28.7 Å². The zero-order valence-electron chi connectivity index (χ0n) is 28.2. The number of Topliss-reactive ketones (excluding diaryl/α,β-unsaturated/α-hetero) is 2. The first-order valence-electron chi connectivity index (χ1n) is 16.8. The largest absolute Gasteiger partial charge is 0.490 e. The number of alkyl halides is 1. The van der Waals surface area contributed by atoms with Gasteiger partial charge in [0.1, 0.15) is 61.1 Å². The first kappa shape index (κ1) is 35.4. The molecule has 2 aromatic rings. The number of likely N-dealkylation sites (tertiary alicyclic amines) is 1. The minimum absolute atomic E-state index is 0.00768. The zero-order chi connectivity index (χ0) is 35.0. The van der Waals surface area contributed by atoms with E-state index >= 15 is 0 Å². The Morgan fingerprint density at radius 2 is 1.98 bits per heavy atom. The Labute approximate surface area is 283 Å². The van der Waals surface area contributed by atoms with Crippen LogP contribution in [0, 0.1) is 12.8 Å². The van der Waals surface area contributed by atoms with Gasteiger partial charge in [-0.05, 0) is 44.5 Å². The van der Waals surface area contributed by atoms with Crippen molar-refractivity contribution in [3.63, 3.8) is 0 Å². The molecule has 4 saturated heterocycles. The number of nitrogens with zero attached hydrogens (tertiary/aromatic N) is 2. The summed E-state index contributed by atoms with van der Waals surface area (Å²) in [7, 11) is 1.89. The maximum absolute atomic E-state index is 14.6. The molecule has 6 rings (SSSR count). The Hall–Kier alpha value is -3.47. The molecule has 0 spiro atoms. The van der Waals surface area contributed by atoms with Gasteiger partial charge in [0.25, 0.3) is 5.91 Å². The molecule has 4 aliphatic heterocycles. The van der Waals surface area contributed by atoms with Gasteiger partial charge < -0.3 is 48.9 Å². The topological polar surface area (TPSA) is 169 Å². The normalized spacial score (nSPS) is 28.0. The summed E-state index contributed by atoms with van der Waals surface area (Å²) in [5.41, 5.74) is -1.15. The van der Waals surface area contributed by atoms with Crippen LogP contribution >= 0.6 is 0 Å². The van der Waals surface area contributed by atoms with Gasteiger partial charge in [-0.3, -0.25) is 19.2 Å². The molecular weight excluding hydrogens is 643 g/mol. The predicted molar refractivity (Wildman–Crippen MR) is 172 cm³/mol. The van der Waals surface area contributed by atoms with Crippen LogP contribution < -0.4 is 15.4 Å². The Kier molecular flexibility index (Phi) is 10.4. The number of ketones is 2. The molecule has 49 heavy (non-hydrogen) atoms. The highest BCUT2D eigenvalue weighted by Gasteiger charge is 2.54. The highest BCUT2D eigenvalue weighted by molar-refractivity contribution is 6.02. The van der Waals surface area contributed by atoms with Gasteiger partial charge in [0, 0.05) is 37.1 Å². The van der Waals surface area contributed by atoms with Gasteiger partial charge >= 0.3 is 0 Å². The van der Waals surface area contributed by atoms with Crippen molar-refractivity contribution in [2.24, 2.45) is 5.92 Å². The number of hydrogen-bond acceptors (Lipinski definition) is 12. The van der Waals surface area contributed by atoms with E-state index in [1.54, 1.807) is 25.1 Å². The van der Waals surface area contributed by atoms with Gasteiger partial charge in [0.2, 0.25) is 11.7 Å². The average molecular weight is 689 g/mol. The summed E-state index contributed by atoms with van der Waals surface area (Å²) < 4.78 is 43.4. The van der Waals surface area contributed by atoms with E-state index in [0.29, 0.717) is 55.1 Å². The van der Waals surface area contributed by atoms with E-state index in [0.717, 1.165) is 0 Å². The number of benzene rings is 1. The monoisotopic (exact) mass is 688 g/mol. The van der Waals surface area contributed by atoms with E-state index in [-0.39, 0.29) is 43.6 Å². The van der Waals surface area contributed by atoms with Crippen LogP contribution in [0.25, 0.3) is 11.0 Å². The number of fused-ring (bicyclic) bond motifs is 2. The Morgan fingerprint density at radius 1 is 1.18 bits per heavy atom. The van der Waals surface area contributed by atoms with Crippen LogP contribution in [0.1, 0.15) is 36.4 Å². The van der Waals surface area contributed by atoms with Gasteiger partial charge in [-0.25, -0.2) is 4.39 Å². The van der Waals surface area contributed by atoms with Crippen molar-refractivity contribution >= 4 is 34.4 Å². The lowest BCUT2D eigenvalue weighted by molar-refractivity contribution is -0.184. The van der Waals surface area contributed by atoms with Gasteiger partial charge in [-0.1, -0.05) is 13.8 Å². The van der Waals surface area contributed by atoms with Gasteiger partial charge in [0.05, 0.1) is 19.8 Å². The number of carbonyl (C=O) groups is 4. The Morgan fingerprint density at radius 3 is 2.69 bits per heavy atom. The van der Waals surface area contributed by atoms with Gasteiger partial charge in [-0.15, -0.1) is 0 Å². The van der Waals surface area contributed by atoms with Gasteiger partial charge in [0.15, 0.2) is 17.1 Å². The minimum Gasteiger partial charge on any atom is -0.490 e. The molecule has 2 amide bonds. The fourth-order valence-electron chi connectivity index (χ4n) is 7.04. The molecule has 0 radical (unpaired) electrons. The van der Waals surface area contributed by atoms with Gasteiger partial charge in [-0.2, -0.15) is 0 Å². The lowest BCUT2D eigenvalue weighted by atomic mass is 9.87. The molecule has 14 nitrogen and oxygen atoms in total. The van der Waals surface area contributed by atoms with E-state index in [2.05, 4.69) is 10.6 Å². The van der Waals surface area contributed by atoms with Crippen LogP contribution in [0.15, 0.2) is 22.6 Å². The summed E-state index contributed by atoms with van der Waals surface area (Å²) in [4.78, 5) is 56.5. The zero-order valence-corrected chi connectivity index (χ0v) is 28.2. The molecular formula is C34H45FN4O10. The summed E-state index contributed by atoms with van der Waals surface area (Å²) in [5, 5.41) is 18.3. The highest BCUT2D eigenvalue weighted by atomic mass is 19.1. The number of halogens is 1. The molecule has 0 aliphatic carbocycles. The van der Waals surface area contributed by atoms with E-state index in [1.807, 2.05) is 25.8 Å². The second-order valence-corrected chi connectivity index (χ2v) is 13.8. The highest BCUT2D eigenvalue weighted by Crippen LogP contribution is 2.32. The lowest BCUT2D eigenvalue weighted by Crippen LogP contribution is -2.64. The Balaban J connectivity index is 1.19. The summed E-state index contributed by atoms with van der Waals surface area (Å²) in [6.45, 7) is 7.07. The third kappa shape index (κ3) is 7.10. The molecule has 15 heteroatoms. The van der Waals surface area contributed by atoms with Crippen molar-refractivity contribution in [3.8, 4) is 5.75 Å². The molecule has 4 fully saturated rings. The van der Waals surface area contributed by atoms with Crippen LogP contribution in [0.3, 0.4) is 0 Å². The second kappa shape index (κ2) is 14.4. The molecule has 4 aliphatic rings. The molecule has 3 N–H and O–H groups in total. The average Bonchev–Trinajstić information content (AvgIpc) is 3.75. The molecule has 5 heterocycles. The van der Waals surface area contributed by atoms with Crippen LogP contribution in [-0.4, -0.2) is 147 Å². The molecule has 1 aromatic carbocycles. The number of carbonyl (C=O) groups excluding carboxylic acids is 4. The number of ether oxygens (including phenoxy) is 4. The van der Waals surface area contributed by atoms with E-state index < -0.39 is 66.4 Å². The number of likely N-dealkylation sites (N-methyl/N-ethyl adjacent to an activating group) is 1. The van der Waals surface area contributed by atoms with Crippen molar-refractivity contribution in [1.82, 2.24) is 20.4 Å². The van der Waals surface area contributed by atoms with Crippen LogP contribution in [-0.2, 0) is 28.6 Å². The number of amides is 2. The second-order valence-electron chi connectivity index (χ2n) is 13.8. The van der Waals surface area contributed by atoms with Crippen molar-refractivity contribution in [2.75, 3.05) is 66.2 Å². The van der Waals surface area contributed by atoms with Crippen LogP contribution in [0.4, 0.5) is 4.39 Å². The molecule has 1 aromatic heterocycles. The fourth-order valence-corrected chi connectivity index (χ4v) is 7.04. The number of rotatable bonds is 11. The maximum Gasteiger partial charge on any atom is 0.287 e. The summed E-state index contributed by atoms with van der Waals surface area (Å²) in [6.07, 6.45) is -3.94. The van der Waals surface area contributed by atoms with Crippen molar-refractivity contribution in [2.45, 2.75) is 69.4 Å². The number of morpholine rings is 2. The van der Waals surface area contributed by atoms with Crippen molar-refractivity contribution in [3.05, 3.63) is 29.5 Å². The SMILES string of the molecule is Cc1c(C(=O)NC(CC(C)C)C(=O)N2CC(F)C3OCC(=O)C32)oc2ccc(OCC(O)(C(=O)C3CNCCO3)[C@@H]3CN(C)CCO3)cc12. The van der Waals surface area contributed by atoms with Crippen molar-refractivity contribution in [1.29, 1.82) is 0 Å². The first-order valence-corrected chi connectivity index (χ1v) is 16.8. The van der Waals surface area contributed by atoms with Crippen LogP contribution in [0.5, 0.6) is 5.75 Å². The summed E-state index contributed by atoms with van der Waals surface area (Å²) in [6, 6.07) is 2.83. The van der Waals surface area contributed by atoms with E-state index in [4.69, 9.17) is 23.4 Å². The molecule has 0 saturated carbocycles. The van der Waals surface area contributed by atoms with Crippen LogP contribution in [0.2, 0.25) is 0 Å². The van der Waals surface area contributed by atoms with Crippen molar-refractivity contribution < 1.29 is 52.0 Å². The number of nitrogens with one attached hydrogen (secondary N) is 2. The molecule has 7 atom stereocenters. The molecule has 0 bridgehead atoms. The maximum atomic E-state index is 14.6. The summed E-state index contributed by atoms with van der Waals surface area (Å²) >= 11 is 0. The fraction of sp³-hybridized carbons (Fsp3) is 0.647. The Bertz CT molecular complexity index is 1580. The third-order valence-corrected chi connectivity index (χ3v) is 9.74.